The fourth-order valence-corrected chi connectivity index (χ4v) is 2.18. The van der Waals surface area contributed by atoms with Crippen LogP contribution in [0.25, 0.3) is 11.4 Å². The Hall–Kier alpha value is -1.75. The molecule has 0 aromatic carbocycles. The van der Waals surface area contributed by atoms with Crippen LogP contribution >= 0.6 is 0 Å². The SMILES string of the molecule is c1cc(-c2n[nH]c(CC3CCNC3)n2)ccn1. The summed E-state index contributed by atoms with van der Waals surface area (Å²) in [6, 6.07) is 3.84. The number of hydrogen-bond donors (Lipinski definition) is 2. The lowest BCUT2D eigenvalue weighted by molar-refractivity contribution is 0.563. The molecule has 1 aliphatic heterocycles. The van der Waals surface area contributed by atoms with E-state index in [-0.39, 0.29) is 0 Å². The highest BCUT2D eigenvalue weighted by atomic mass is 15.2. The highest BCUT2D eigenvalue weighted by Gasteiger charge is 2.17. The summed E-state index contributed by atoms with van der Waals surface area (Å²) in [4.78, 5) is 8.51. The molecule has 3 rings (SSSR count). The topological polar surface area (TPSA) is 66.5 Å². The molecule has 0 amide bonds. The van der Waals surface area contributed by atoms with Crippen LogP contribution in [0.2, 0.25) is 0 Å². The molecule has 3 heterocycles. The molecule has 1 saturated heterocycles. The lowest BCUT2D eigenvalue weighted by Crippen LogP contribution is -2.11. The van der Waals surface area contributed by atoms with Crippen molar-refractivity contribution in [1.82, 2.24) is 25.5 Å². The van der Waals surface area contributed by atoms with Crippen LogP contribution in [0, 0.1) is 5.92 Å². The number of H-pyrrole nitrogens is 1. The predicted molar refractivity (Wildman–Crippen MR) is 64.3 cm³/mol. The Bertz CT molecular complexity index is 473. The van der Waals surface area contributed by atoms with Crippen molar-refractivity contribution < 1.29 is 0 Å². The van der Waals surface area contributed by atoms with Crippen LogP contribution < -0.4 is 5.32 Å². The summed E-state index contributed by atoms with van der Waals surface area (Å²) < 4.78 is 0. The summed E-state index contributed by atoms with van der Waals surface area (Å²) in [6.45, 7) is 2.21. The first kappa shape index (κ1) is 10.4. The Balaban J connectivity index is 1.74. The van der Waals surface area contributed by atoms with Crippen molar-refractivity contribution in [2.45, 2.75) is 12.8 Å². The van der Waals surface area contributed by atoms with Crippen LogP contribution in [-0.4, -0.2) is 33.3 Å². The molecule has 2 aromatic heterocycles. The second-order valence-electron chi connectivity index (χ2n) is 4.40. The third-order valence-electron chi connectivity index (χ3n) is 3.11. The van der Waals surface area contributed by atoms with E-state index in [1.807, 2.05) is 12.1 Å². The maximum absolute atomic E-state index is 4.52. The summed E-state index contributed by atoms with van der Waals surface area (Å²) in [5.41, 5.74) is 1.01. The van der Waals surface area contributed by atoms with Crippen molar-refractivity contribution in [3.05, 3.63) is 30.4 Å². The molecule has 17 heavy (non-hydrogen) atoms. The number of nitrogens with one attached hydrogen (secondary N) is 2. The van der Waals surface area contributed by atoms with Crippen LogP contribution in [0.3, 0.4) is 0 Å². The van der Waals surface area contributed by atoms with E-state index in [1.54, 1.807) is 12.4 Å². The van der Waals surface area contributed by atoms with Gasteiger partial charge in [0.15, 0.2) is 5.82 Å². The van der Waals surface area contributed by atoms with Gasteiger partial charge >= 0.3 is 0 Å². The fourth-order valence-electron chi connectivity index (χ4n) is 2.18. The molecule has 1 atom stereocenters. The standard InChI is InChI=1S/C12H15N5/c1-4-14-8-9(1)7-11-15-12(17-16-11)10-2-5-13-6-3-10/h2-3,5-6,9,14H,1,4,7-8H2,(H,15,16,17). The molecule has 2 aromatic rings. The molecule has 1 fully saturated rings. The minimum atomic E-state index is 0.688. The fraction of sp³-hybridized carbons (Fsp3) is 0.417. The van der Waals surface area contributed by atoms with E-state index >= 15 is 0 Å². The van der Waals surface area contributed by atoms with Gasteiger partial charge in [0.05, 0.1) is 0 Å². The summed E-state index contributed by atoms with van der Waals surface area (Å²) in [7, 11) is 0. The van der Waals surface area contributed by atoms with Gasteiger partial charge < -0.3 is 5.32 Å². The third kappa shape index (κ3) is 2.34. The van der Waals surface area contributed by atoms with Gasteiger partial charge in [-0.1, -0.05) is 0 Å². The van der Waals surface area contributed by atoms with Gasteiger partial charge in [-0.05, 0) is 37.6 Å². The number of aromatic amines is 1. The van der Waals surface area contributed by atoms with Gasteiger partial charge in [-0.3, -0.25) is 10.1 Å². The van der Waals surface area contributed by atoms with Crippen molar-refractivity contribution >= 4 is 0 Å². The largest absolute Gasteiger partial charge is 0.316 e. The Morgan fingerprint density at radius 3 is 2.94 bits per heavy atom. The highest BCUT2D eigenvalue weighted by Crippen LogP contribution is 2.16. The quantitative estimate of drug-likeness (QED) is 0.824. The van der Waals surface area contributed by atoms with Gasteiger partial charge in [0, 0.05) is 24.4 Å². The minimum Gasteiger partial charge on any atom is -0.316 e. The van der Waals surface area contributed by atoms with E-state index < -0.39 is 0 Å². The first-order valence-corrected chi connectivity index (χ1v) is 5.94. The van der Waals surface area contributed by atoms with E-state index in [1.165, 1.54) is 6.42 Å². The molecule has 0 radical (unpaired) electrons. The van der Waals surface area contributed by atoms with Gasteiger partial charge in [0.1, 0.15) is 5.82 Å². The summed E-state index contributed by atoms with van der Waals surface area (Å²) in [5.74, 6) is 2.42. The van der Waals surface area contributed by atoms with E-state index in [2.05, 4.69) is 25.5 Å². The number of aromatic nitrogens is 4. The Morgan fingerprint density at radius 1 is 1.29 bits per heavy atom. The van der Waals surface area contributed by atoms with Gasteiger partial charge in [-0.25, -0.2) is 4.98 Å². The summed E-state index contributed by atoms with van der Waals surface area (Å²) in [6.07, 6.45) is 5.72. The molecule has 1 aliphatic rings. The molecule has 88 valence electrons. The molecule has 2 N–H and O–H groups in total. The Kier molecular flexibility index (Phi) is 2.83. The number of hydrogen-bond acceptors (Lipinski definition) is 4. The molecule has 0 aliphatic carbocycles. The monoisotopic (exact) mass is 229 g/mol. The average Bonchev–Trinajstić information content (AvgIpc) is 3.02. The summed E-state index contributed by atoms with van der Waals surface area (Å²) >= 11 is 0. The third-order valence-corrected chi connectivity index (χ3v) is 3.11. The smallest absolute Gasteiger partial charge is 0.181 e. The van der Waals surface area contributed by atoms with Crippen molar-refractivity contribution in [3.63, 3.8) is 0 Å². The zero-order valence-corrected chi connectivity index (χ0v) is 9.56. The Labute approximate surface area is 99.7 Å². The molecule has 1 unspecified atom stereocenters. The highest BCUT2D eigenvalue weighted by molar-refractivity contribution is 5.52. The lowest BCUT2D eigenvalue weighted by Gasteiger charge is -2.03. The zero-order valence-electron chi connectivity index (χ0n) is 9.56. The van der Waals surface area contributed by atoms with Crippen molar-refractivity contribution in [1.29, 1.82) is 0 Å². The Morgan fingerprint density at radius 2 is 2.18 bits per heavy atom. The van der Waals surface area contributed by atoms with E-state index in [0.29, 0.717) is 5.92 Å². The first-order valence-electron chi connectivity index (χ1n) is 5.94. The second kappa shape index (κ2) is 4.63. The molecule has 5 heteroatoms. The number of pyridine rings is 1. The van der Waals surface area contributed by atoms with Crippen molar-refractivity contribution in [3.8, 4) is 11.4 Å². The van der Waals surface area contributed by atoms with Gasteiger partial charge in [-0.2, -0.15) is 5.10 Å². The molecular formula is C12H15N5. The van der Waals surface area contributed by atoms with E-state index in [9.17, 15) is 0 Å². The molecule has 0 bridgehead atoms. The van der Waals surface area contributed by atoms with Crippen LogP contribution in [0.5, 0.6) is 0 Å². The van der Waals surface area contributed by atoms with Crippen LogP contribution in [0.15, 0.2) is 24.5 Å². The van der Waals surface area contributed by atoms with Crippen molar-refractivity contribution in [2.24, 2.45) is 5.92 Å². The maximum atomic E-state index is 4.52. The van der Waals surface area contributed by atoms with Crippen LogP contribution in [0.4, 0.5) is 0 Å². The van der Waals surface area contributed by atoms with Gasteiger partial charge in [0.25, 0.3) is 0 Å². The first-order chi connectivity index (χ1) is 8.42. The average molecular weight is 229 g/mol. The number of rotatable bonds is 3. The second-order valence-corrected chi connectivity index (χ2v) is 4.40. The normalized spacial score (nSPS) is 19.6. The number of nitrogens with zero attached hydrogens (tertiary/aromatic N) is 3. The molecule has 0 spiro atoms. The van der Waals surface area contributed by atoms with Gasteiger partial charge in [-0.15, -0.1) is 0 Å². The minimum absolute atomic E-state index is 0.688. The molecule has 0 saturated carbocycles. The van der Waals surface area contributed by atoms with Crippen LogP contribution in [-0.2, 0) is 6.42 Å². The van der Waals surface area contributed by atoms with E-state index in [0.717, 1.165) is 36.7 Å². The molecule has 5 nitrogen and oxygen atoms in total. The van der Waals surface area contributed by atoms with E-state index in [4.69, 9.17) is 0 Å². The van der Waals surface area contributed by atoms with Crippen LogP contribution in [0.1, 0.15) is 12.2 Å². The maximum Gasteiger partial charge on any atom is 0.181 e. The molecular weight excluding hydrogens is 214 g/mol. The predicted octanol–water partition coefficient (Wildman–Crippen LogP) is 1.02. The zero-order chi connectivity index (χ0) is 11.5. The lowest BCUT2D eigenvalue weighted by atomic mass is 10.1. The van der Waals surface area contributed by atoms with Crippen molar-refractivity contribution in [2.75, 3.05) is 13.1 Å². The summed E-state index contributed by atoms with van der Waals surface area (Å²) in [5, 5.41) is 10.6. The van der Waals surface area contributed by atoms with Gasteiger partial charge in [0.2, 0.25) is 0 Å².